The Labute approximate surface area is 92.4 Å². The molecule has 0 N–H and O–H groups in total. The monoisotopic (exact) mass is 255 g/mol. The van der Waals surface area contributed by atoms with E-state index in [0.29, 0.717) is 6.54 Å². The maximum atomic E-state index is 11.7. The summed E-state index contributed by atoms with van der Waals surface area (Å²) in [4.78, 5) is 11.7. The van der Waals surface area contributed by atoms with Crippen molar-refractivity contribution >= 4 is 15.9 Å². The SMILES string of the molecule is C=C(CC)Cn1cc(Br)cc(C)c1=O. The molecule has 0 bridgehead atoms. The van der Waals surface area contributed by atoms with Gasteiger partial charge in [0, 0.05) is 22.8 Å². The summed E-state index contributed by atoms with van der Waals surface area (Å²) in [5.41, 5.74) is 1.87. The molecule has 0 aliphatic heterocycles. The number of rotatable bonds is 3. The molecular formula is C11H14BrNO. The number of aryl methyl sites for hydroxylation is 1. The van der Waals surface area contributed by atoms with E-state index in [1.165, 1.54) is 0 Å². The molecule has 0 atom stereocenters. The molecule has 1 rings (SSSR count). The van der Waals surface area contributed by atoms with Crippen molar-refractivity contribution in [1.29, 1.82) is 0 Å². The smallest absolute Gasteiger partial charge is 0.253 e. The third-order valence-corrected chi connectivity index (χ3v) is 2.56. The van der Waals surface area contributed by atoms with Crippen LogP contribution in [-0.4, -0.2) is 4.57 Å². The fourth-order valence-electron chi connectivity index (χ4n) is 1.21. The lowest BCUT2D eigenvalue weighted by Crippen LogP contribution is -2.22. The molecule has 76 valence electrons. The Kier molecular flexibility index (Phi) is 3.69. The van der Waals surface area contributed by atoms with Crippen LogP contribution in [0.2, 0.25) is 0 Å². The Morgan fingerprint density at radius 2 is 2.29 bits per heavy atom. The molecule has 1 aromatic rings. The first-order valence-electron chi connectivity index (χ1n) is 4.57. The van der Waals surface area contributed by atoms with Crippen molar-refractivity contribution in [2.45, 2.75) is 26.8 Å². The van der Waals surface area contributed by atoms with E-state index in [1.807, 2.05) is 19.9 Å². The number of hydrogen-bond acceptors (Lipinski definition) is 1. The van der Waals surface area contributed by atoms with Crippen LogP contribution in [0, 0.1) is 6.92 Å². The average molecular weight is 256 g/mol. The standard InChI is InChI=1S/C11H14BrNO/c1-4-8(2)6-13-7-10(12)5-9(3)11(13)14/h5,7H,2,4,6H2,1,3H3. The first-order valence-corrected chi connectivity index (χ1v) is 5.37. The van der Waals surface area contributed by atoms with Crippen LogP contribution in [0.1, 0.15) is 18.9 Å². The zero-order valence-corrected chi connectivity index (χ0v) is 10.1. The van der Waals surface area contributed by atoms with Crippen LogP contribution in [0.15, 0.2) is 33.7 Å². The molecule has 0 aliphatic rings. The lowest BCUT2D eigenvalue weighted by Gasteiger charge is -2.08. The van der Waals surface area contributed by atoms with Crippen LogP contribution >= 0.6 is 15.9 Å². The van der Waals surface area contributed by atoms with Gasteiger partial charge in [0.1, 0.15) is 0 Å². The second kappa shape index (κ2) is 4.60. The quantitative estimate of drug-likeness (QED) is 0.762. The normalized spacial score (nSPS) is 10.2. The van der Waals surface area contributed by atoms with E-state index in [1.54, 1.807) is 10.8 Å². The summed E-state index contributed by atoms with van der Waals surface area (Å²) in [6, 6.07) is 1.83. The third-order valence-electron chi connectivity index (χ3n) is 2.13. The number of nitrogens with zero attached hydrogens (tertiary/aromatic N) is 1. The van der Waals surface area contributed by atoms with Gasteiger partial charge in [0.25, 0.3) is 5.56 Å². The first-order chi connectivity index (χ1) is 6.54. The number of halogens is 1. The van der Waals surface area contributed by atoms with Crippen LogP contribution in [0.5, 0.6) is 0 Å². The summed E-state index contributed by atoms with van der Waals surface area (Å²) in [6.07, 6.45) is 2.70. The predicted octanol–water partition coefficient (Wildman–Crippen LogP) is 2.89. The highest BCUT2D eigenvalue weighted by Crippen LogP contribution is 2.09. The van der Waals surface area contributed by atoms with E-state index in [4.69, 9.17) is 0 Å². The minimum atomic E-state index is 0.0581. The van der Waals surface area contributed by atoms with Gasteiger partial charge in [0.15, 0.2) is 0 Å². The molecule has 0 aromatic carbocycles. The minimum Gasteiger partial charge on any atom is -0.310 e. The molecule has 0 aliphatic carbocycles. The maximum absolute atomic E-state index is 11.7. The summed E-state index contributed by atoms with van der Waals surface area (Å²) in [7, 11) is 0. The molecule has 0 spiro atoms. The van der Waals surface area contributed by atoms with Crippen LogP contribution in [0.4, 0.5) is 0 Å². The highest BCUT2D eigenvalue weighted by molar-refractivity contribution is 9.10. The molecule has 0 radical (unpaired) electrons. The van der Waals surface area contributed by atoms with Gasteiger partial charge in [0.05, 0.1) is 0 Å². The van der Waals surface area contributed by atoms with Gasteiger partial charge in [-0.25, -0.2) is 0 Å². The van der Waals surface area contributed by atoms with E-state index in [9.17, 15) is 4.79 Å². The van der Waals surface area contributed by atoms with Crippen molar-refractivity contribution in [3.05, 3.63) is 44.8 Å². The maximum Gasteiger partial charge on any atom is 0.253 e. The Hall–Kier alpha value is -0.830. The molecule has 0 amide bonds. The molecule has 1 aromatic heterocycles. The van der Waals surface area contributed by atoms with Gasteiger partial charge in [-0.1, -0.05) is 19.1 Å². The molecule has 0 fully saturated rings. The number of aromatic nitrogens is 1. The number of hydrogen-bond donors (Lipinski definition) is 0. The fraction of sp³-hybridized carbons (Fsp3) is 0.364. The van der Waals surface area contributed by atoms with Gasteiger partial charge in [-0.3, -0.25) is 4.79 Å². The van der Waals surface area contributed by atoms with Crippen LogP contribution in [0.25, 0.3) is 0 Å². The molecule has 0 saturated carbocycles. The second-order valence-corrected chi connectivity index (χ2v) is 4.29. The van der Waals surface area contributed by atoms with Gasteiger partial charge in [-0.2, -0.15) is 0 Å². The van der Waals surface area contributed by atoms with Gasteiger partial charge in [0.2, 0.25) is 0 Å². The molecule has 0 unspecified atom stereocenters. The van der Waals surface area contributed by atoms with Crippen molar-refractivity contribution < 1.29 is 0 Å². The average Bonchev–Trinajstić information content (AvgIpc) is 2.13. The zero-order valence-electron chi connectivity index (χ0n) is 8.51. The largest absolute Gasteiger partial charge is 0.310 e. The van der Waals surface area contributed by atoms with Gasteiger partial charge < -0.3 is 4.57 Å². The molecular weight excluding hydrogens is 242 g/mol. The van der Waals surface area contributed by atoms with E-state index < -0.39 is 0 Å². The molecule has 1 heterocycles. The van der Waals surface area contributed by atoms with Crippen LogP contribution in [0.3, 0.4) is 0 Å². The van der Waals surface area contributed by atoms with Crippen molar-refractivity contribution in [2.24, 2.45) is 0 Å². The Balaban J connectivity index is 3.09. The predicted molar refractivity (Wildman–Crippen MR) is 62.6 cm³/mol. The lowest BCUT2D eigenvalue weighted by molar-refractivity contribution is 0.719. The van der Waals surface area contributed by atoms with Crippen molar-refractivity contribution in [3.8, 4) is 0 Å². The highest BCUT2D eigenvalue weighted by atomic mass is 79.9. The van der Waals surface area contributed by atoms with Gasteiger partial charge >= 0.3 is 0 Å². The zero-order chi connectivity index (χ0) is 10.7. The number of pyridine rings is 1. The minimum absolute atomic E-state index is 0.0581. The van der Waals surface area contributed by atoms with Crippen LogP contribution in [-0.2, 0) is 6.54 Å². The summed E-state index contributed by atoms with van der Waals surface area (Å²) < 4.78 is 2.61. The van der Waals surface area contributed by atoms with Gasteiger partial charge in [-0.05, 0) is 35.3 Å². The summed E-state index contributed by atoms with van der Waals surface area (Å²) in [5, 5.41) is 0. The summed E-state index contributed by atoms with van der Waals surface area (Å²) in [6.45, 7) is 8.36. The van der Waals surface area contributed by atoms with Crippen molar-refractivity contribution in [1.82, 2.24) is 4.57 Å². The van der Waals surface area contributed by atoms with Crippen LogP contribution < -0.4 is 5.56 Å². The van der Waals surface area contributed by atoms with Gasteiger partial charge in [-0.15, -0.1) is 0 Å². The van der Waals surface area contributed by atoms with E-state index in [0.717, 1.165) is 22.0 Å². The summed E-state index contributed by atoms with van der Waals surface area (Å²) in [5.74, 6) is 0. The second-order valence-electron chi connectivity index (χ2n) is 3.38. The Morgan fingerprint density at radius 1 is 1.64 bits per heavy atom. The van der Waals surface area contributed by atoms with E-state index >= 15 is 0 Å². The first kappa shape index (κ1) is 11.2. The van der Waals surface area contributed by atoms with E-state index in [-0.39, 0.29) is 5.56 Å². The summed E-state index contributed by atoms with van der Waals surface area (Å²) >= 11 is 3.37. The Morgan fingerprint density at radius 3 is 2.86 bits per heavy atom. The fourth-order valence-corrected chi connectivity index (χ4v) is 1.80. The van der Waals surface area contributed by atoms with Crippen molar-refractivity contribution in [2.75, 3.05) is 0 Å². The Bertz CT molecular complexity index is 406. The topological polar surface area (TPSA) is 22.0 Å². The lowest BCUT2D eigenvalue weighted by atomic mass is 10.2. The number of allylic oxidation sites excluding steroid dienone is 1. The molecule has 0 saturated heterocycles. The van der Waals surface area contributed by atoms with Crippen molar-refractivity contribution in [3.63, 3.8) is 0 Å². The molecule has 14 heavy (non-hydrogen) atoms. The van der Waals surface area contributed by atoms with E-state index in [2.05, 4.69) is 22.5 Å². The third kappa shape index (κ3) is 2.58. The highest BCUT2D eigenvalue weighted by Gasteiger charge is 2.02. The molecule has 3 heteroatoms. The molecule has 2 nitrogen and oxygen atoms in total.